The molecule has 5 nitrogen and oxygen atoms in total. The van der Waals surface area contributed by atoms with Crippen molar-refractivity contribution in [3.05, 3.63) is 65.5 Å². The van der Waals surface area contributed by atoms with Crippen LogP contribution in [0.1, 0.15) is 27.5 Å². The lowest BCUT2D eigenvalue weighted by Gasteiger charge is -2.10. The van der Waals surface area contributed by atoms with Crippen LogP contribution in [0.15, 0.2) is 47.2 Å². The highest BCUT2D eigenvalue weighted by Crippen LogP contribution is 2.24. The molecule has 1 amide bonds. The van der Waals surface area contributed by atoms with Gasteiger partial charge in [0.05, 0.1) is 17.5 Å². The molecule has 3 aromatic heterocycles. The van der Waals surface area contributed by atoms with E-state index in [9.17, 15) is 4.79 Å². The van der Waals surface area contributed by atoms with E-state index in [1.807, 2.05) is 42.5 Å². The molecule has 114 valence electrons. The van der Waals surface area contributed by atoms with E-state index in [4.69, 9.17) is 4.42 Å². The van der Waals surface area contributed by atoms with Crippen molar-refractivity contribution in [3.8, 4) is 11.3 Å². The summed E-state index contributed by atoms with van der Waals surface area (Å²) in [5, 5.41) is 2.86. The Morgan fingerprint density at radius 1 is 1.22 bits per heavy atom. The molecule has 0 radical (unpaired) electrons. The fourth-order valence-electron chi connectivity index (χ4n) is 2.71. The number of fused-ring (bicyclic) bond motifs is 1. The van der Waals surface area contributed by atoms with E-state index in [1.165, 1.54) is 0 Å². The van der Waals surface area contributed by atoms with Gasteiger partial charge in [-0.1, -0.05) is 0 Å². The van der Waals surface area contributed by atoms with E-state index in [-0.39, 0.29) is 5.91 Å². The van der Waals surface area contributed by atoms with Gasteiger partial charge in [0.1, 0.15) is 5.76 Å². The summed E-state index contributed by atoms with van der Waals surface area (Å²) >= 11 is 0. The van der Waals surface area contributed by atoms with E-state index in [0.29, 0.717) is 6.54 Å². The van der Waals surface area contributed by atoms with Crippen LogP contribution in [0, 0.1) is 0 Å². The molecule has 3 aromatic rings. The third-order valence-electron chi connectivity index (χ3n) is 3.86. The highest BCUT2D eigenvalue weighted by atomic mass is 16.3. The largest absolute Gasteiger partial charge is 0.465 e. The standard InChI is InChI=1S/C18H15N3O2/c22-18-15-11-17(21-16(15)6-8-20-18)12-5-7-19-13(10-12)3-4-14-2-1-9-23-14/h1-5,7,9-11,21H,6,8H2,(H,20,22)/b4-3+. The summed E-state index contributed by atoms with van der Waals surface area (Å²) in [6, 6.07) is 9.54. The van der Waals surface area contributed by atoms with Crippen molar-refractivity contribution in [3.63, 3.8) is 0 Å². The molecular formula is C18H15N3O2. The second-order valence-corrected chi connectivity index (χ2v) is 5.40. The molecule has 0 aromatic carbocycles. The fourth-order valence-corrected chi connectivity index (χ4v) is 2.71. The van der Waals surface area contributed by atoms with Crippen molar-refractivity contribution in [2.45, 2.75) is 6.42 Å². The van der Waals surface area contributed by atoms with Gasteiger partial charge in [0.25, 0.3) is 5.91 Å². The van der Waals surface area contributed by atoms with Crippen LogP contribution in [0.5, 0.6) is 0 Å². The smallest absolute Gasteiger partial charge is 0.253 e. The van der Waals surface area contributed by atoms with Crippen LogP contribution in [-0.4, -0.2) is 22.4 Å². The highest BCUT2D eigenvalue weighted by Gasteiger charge is 2.19. The van der Waals surface area contributed by atoms with Crippen molar-refractivity contribution in [2.24, 2.45) is 0 Å². The van der Waals surface area contributed by atoms with E-state index in [1.54, 1.807) is 12.5 Å². The Hall–Kier alpha value is -3.08. The predicted octanol–water partition coefficient (Wildman–Crippen LogP) is 3.13. The number of aromatic nitrogens is 2. The van der Waals surface area contributed by atoms with Crippen molar-refractivity contribution in [2.75, 3.05) is 6.54 Å². The summed E-state index contributed by atoms with van der Waals surface area (Å²) in [6.07, 6.45) is 8.00. The maximum atomic E-state index is 11.9. The van der Waals surface area contributed by atoms with Crippen LogP contribution in [0.25, 0.3) is 23.4 Å². The number of amides is 1. The Morgan fingerprint density at radius 2 is 2.17 bits per heavy atom. The van der Waals surface area contributed by atoms with Gasteiger partial charge in [-0.2, -0.15) is 0 Å². The van der Waals surface area contributed by atoms with E-state index in [0.717, 1.165) is 40.4 Å². The average Bonchev–Trinajstić information content (AvgIpc) is 3.23. The van der Waals surface area contributed by atoms with Gasteiger partial charge in [0.2, 0.25) is 0 Å². The van der Waals surface area contributed by atoms with Gasteiger partial charge in [0.15, 0.2) is 0 Å². The minimum absolute atomic E-state index is 0.0132. The normalized spacial score (nSPS) is 14.0. The Bertz CT molecular complexity index is 876. The van der Waals surface area contributed by atoms with Gasteiger partial charge in [-0.3, -0.25) is 9.78 Å². The second-order valence-electron chi connectivity index (χ2n) is 5.40. The zero-order valence-electron chi connectivity index (χ0n) is 12.4. The molecule has 0 bridgehead atoms. The Balaban J connectivity index is 1.65. The lowest BCUT2D eigenvalue weighted by atomic mass is 10.1. The third kappa shape index (κ3) is 2.68. The topological polar surface area (TPSA) is 70.9 Å². The number of nitrogens with one attached hydrogen (secondary N) is 2. The number of H-pyrrole nitrogens is 1. The van der Waals surface area contributed by atoms with Crippen molar-refractivity contribution < 1.29 is 9.21 Å². The van der Waals surface area contributed by atoms with E-state index >= 15 is 0 Å². The Kier molecular flexibility index (Phi) is 3.31. The van der Waals surface area contributed by atoms with E-state index in [2.05, 4.69) is 15.3 Å². The molecule has 0 atom stereocenters. The fraction of sp³-hybridized carbons (Fsp3) is 0.111. The third-order valence-corrected chi connectivity index (χ3v) is 3.86. The number of furan rings is 1. The lowest BCUT2D eigenvalue weighted by Crippen LogP contribution is -2.31. The average molecular weight is 305 g/mol. The molecule has 4 rings (SSSR count). The molecule has 0 unspecified atom stereocenters. The minimum atomic E-state index is -0.0132. The second kappa shape index (κ2) is 5.61. The molecule has 0 fully saturated rings. The Morgan fingerprint density at radius 3 is 3.00 bits per heavy atom. The van der Waals surface area contributed by atoms with Crippen LogP contribution in [0.2, 0.25) is 0 Å². The molecule has 0 spiro atoms. The summed E-state index contributed by atoms with van der Waals surface area (Å²) < 4.78 is 5.27. The van der Waals surface area contributed by atoms with Crippen molar-refractivity contribution in [1.82, 2.24) is 15.3 Å². The lowest BCUT2D eigenvalue weighted by molar-refractivity contribution is 0.0946. The molecule has 4 heterocycles. The summed E-state index contributed by atoms with van der Waals surface area (Å²) in [5.74, 6) is 0.768. The number of nitrogens with zero attached hydrogens (tertiary/aromatic N) is 1. The van der Waals surface area contributed by atoms with Crippen LogP contribution in [0.4, 0.5) is 0 Å². The number of hydrogen-bond acceptors (Lipinski definition) is 3. The van der Waals surface area contributed by atoms with Crippen LogP contribution >= 0.6 is 0 Å². The van der Waals surface area contributed by atoms with Crippen LogP contribution < -0.4 is 5.32 Å². The van der Waals surface area contributed by atoms with Crippen molar-refractivity contribution in [1.29, 1.82) is 0 Å². The molecule has 0 saturated carbocycles. The summed E-state index contributed by atoms with van der Waals surface area (Å²) in [7, 11) is 0. The first-order valence-corrected chi connectivity index (χ1v) is 7.48. The van der Waals surface area contributed by atoms with Gasteiger partial charge >= 0.3 is 0 Å². The zero-order valence-corrected chi connectivity index (χ0v) is 12.4. The predicted molar refractivity (Wildman–Crippen MR) is 87.7 cm³/mol. The number of hydrogen-bond donors (Lipinski definition) is 2. The summed E-state index contributed by atoms with van der Waals surface area (Å²) in [6.45, 7) is 0.680. The first-order valence-electron chi connectivity index (χ1n) is 7.48. The van der Waals surface area contributed by atoms with Gasteiger partial charge in [-0.15, -0.1) is 0 Å². The van der Waals surface area contributed by atoms with Gasteiger partial charge < -0.3 is 14.7 Å². The monoisotopic (exact) mass is 305 g/mol. The highest BCUT2D eigenvalue weighted by molar-refractivity contribution is 5.97. The maximum absolute atomic E-state index is 11.9. The number of carbonyl (C=O) groups excluding carboxylic acids is 1. The first-order chi connectivity index (χ1) is 11.3. The molecule has 1 aliphatic rings. The summed E-state index contributed by atoms with van der Waals surface area (Å²) in [4.78, 5) is 19.6. The van der Waals surface area contributed by atoms with Gasteiger partial charge in [0, 0.05) is 36.1 Å². The number of pyridine rings is 1. The molecule has 0 saturated heterocycles. The minimum Gasteiger partial charge on any atom is -0.465 e. The Labute approximate surface area is 133 Å². The molecule has 0 aliphatic carbocycles. The molecule has 5 heteroatoms. The van der Waals surface area contributed by atoms with E-state index < -0.39 is 0 Å². The SMILES string of the molecule is O=C1NCCc2[nH]c(-c3ccnc(/C=C/c4ccco4)c3)cc21. The maximum Gasteiger partial charge on any atom is 0.253 e. The number of carbonyl (C=O) groups is 1. The number of aromatic amines is 1. The zero-order chi connectivity index (χ0) is 15.6. The van der Waals surface area contributed by atoms with Crippen molar-refractivity contribution >= 4 is 18.1 Å². The van der Waals surface area contributed by atoms with Crippen LogP contribution in [0.3, 0.4) is 0 Å². The molecule has 2 N–H and O–H groups in total. The molecule has 23 heavy (non-hydrogen) atoms. The summed E-state index contributed by atoms with van der Waals surface area (Å²) in [5.41, 5.74) is 4.49. The van der Waals surface area contributed by atoms with Gasteiger partial charge in [-0.25, -0.2) is 0 Å². The first kappa shape index (κ1) is 13.6. The van der Waals surface area contributed by atoms with Crippen LogP contribution in [-0.2, 0) is 6.42 Å². The quantitative estimate of drug-likeness (QED) is 0.781. The molecule has 1 aliphatic heterocycles. The number of rotatable bonds is 3. The molecular weight excluding hydrogens is 290 g/mol. The van der Waals surface area contributed by atoms with Gasteiger partial charge in [-0.05, 0) is 42.5 Å².